The van der Waals surface area contributed by atoms with Crippen molar-refractivity contribution in [3.63, 3.8) is 0 Å². The predicted octanol–water partition coefficient (Wildman–Crippen LogP) is 2.83. The molecule has 1 N–H and O–H groups in total. The standard InChI is InChI=1S/C13H16N2O/c1-10-4-3-5-12(8-10)11(2)14-9-13-6-7-16-15-13/h3-8,11,14H,9H2,1-2H3. The third-order valence-corrected chi connectivity index (χ3v) is 2.62. The lowest BCUT2D eigenvalue weighted by atomic mass is 10.1. The van der Waals surface area contributed by atoms with Gasteiger partial charge in [-0.2, -0.15) is 0 Å². The monoisotopic (exact) mass is 216 g/mol. The topological polar surface area (TPSA) is 38.1 Å². The first-order chi connectivity index (χ1) is 7.75. The first-order valence-corrected chi connectivity index (χ1v) is 5.45. The van der Waals surface area contributed by atoms with Gasteiger partial charge in [0.25, 0.3) is 0 Å². The van der Waals surface area contributed by atoms with Crippen LogP contribution in [0.2, 0.25) is 0 Å². The summed E-state index contributed by atoms with van der Waals surface area (Å²) in [5, 5.41) is 7.27. The second kappa shape index (κ2) is 4.94. The van der Waals surface area contributed by atoms with Crippen molar-refractivity contribution in [2.45, 2.75) is 26.4 Å². The highest BCUT2D eigenvalue weighted by Crippen LogP contribution is 2.14. The molecule has 1 aromatic heterocycles. The van der Waals surface area contributed by atoms with E-state index in [1.165, 1.54) is 11.1 Å². The first kappa shape index (κ1) is 10.9. The van der Waals surface area contributed by atoms with Gasteiger partial charge in [-0.1, -0.05) is 35.0 Å². The number of hydrogen-bond donors (Lipinski definition) is 1. The fraction of sp³-hybridized carbons (Fsp3) is 0.308. The van der Waals surface area contributed by atoms with E-state index in [1.807, 2.05) is 6.07 Å². The van der Waals surface area contributed by atoms with Crippen LogP contribution in [0.5, 0.6) is 0 Å². The number of rotatable bonds is 4. The molecule has 0 fully saturated rings. The zero-order valence-electron chi connectivity index (χ0n) is 9.60. The molecular weight excluding hydrogens is 200 g/mol. The molecule has 0 spiro atoms. The quantitative estimate of drug-likeness (QED) is 0.854. The molecule has 1 unspecified atom stereocenters. The number of benzene rings is 1. The van der Waals surface area contributed by atoms with Gasteiger partial charge < -0.3 is 9.84 Å². The van der Waals surface area contributed by atoms with Gasteiger partial charge in [0.15, 0.2) is 0 Å². The Kier molecular flexibility index (Phi) is 3.37. The van der Waals surface area contributed by atoms with Crippen molar-refractivity contribution in [3.05, 3.63) is 53.4 Å². The summed E-state index contributed by atoms with van der Waals surface area (Å²) in [7, 11) is 0. The Hall–Kier alpha value is -1.61. The lowest BCUT2D eigenvalue weighted by molar-refractivity contribution is 0.406. The largest absolute Gasteiger partial charge is 0.364 e. The van der Waals surface area contributed by atoms with Crippen LogP contribution in [0.4, 0.5) is 0 Å². The van der Waals surface area contributed by atoms with Crippen molar-refractivity contribution < 1.29 is 4.52 Å². The summed E-state index contributed by atoms with van der Waals surface area (Å²) in [6.45, 7) is 4.98. The fourth-order valence-electron chi connectivity index (χ4n) is 1.64. The van der Waals surface area contributed by atoms with Crippen LogP contribution >= 0.6 is 0 Å². The highest BCUT2D eigenvalue weighted by molar-refractivity contribution is 5.24. The number of nitrogens with one attached hydrogen (secondary N) is 1. The van der Waals surface area contributed by atoms with Gasteiger partial charge in [-0.05, 0) is 19.4 Å². The Balaban J connectivity index is 1.95. The summed E-state index contributed by atoms with van der Waals surface area (Å²) in [6.07, 6.45) is 1.59. The zero-order valence-corrected chi connectivity index (χ0v) is 9.60. The maximum absolute atomic E-state index is 4.78. The Morgan fingerprint density at radius 3 is 2.94 bits per heavy atom. The molecule has 1 atom stereocenters. The number of nitrogens with zero attached hydrogens (tertiary/aromatic N) is 1. The van der Waals surface area contributed by atoms with E-state index in [0.717, 1.165) is 12.2 Å². The highest BCUT2D eigenvalue weighted by Gasteiger charge is 2.05. The summed E-state index contributed by atoms with van der Waals surface area (Å²) >= 11 is 0. The Bertz CT molecular complexity index is 437. The SMILES string of the molecule is Cc1cccc(C(C)NCc2ccon2)c1. The second-order valence-corrected chi connectivity index (χ2v) is 4.01. The van der Waals surface area contributed by atoms with Crippen molar-refractivity contribution in [2.24, 2.45) is 0 Å². The average Bonchev–Trinajstić information content (AvgIpc) is 2.78. The van der Waals surface area contributed by atoms with E-state index in [-0.39, 0.29) is 0 Å². The fourth-order valence-corrected chi connectivity index (χ4v) is 1.64. The molecule has 1 aromatic carbocycles. The molecule has 0 saturated heterocycles. The molecule has 0 radical (unpaired) electrons. The molecule has 0 bridgehead atoms. The molecule has 84 valence electrons. The molecule has 0 aliphatic rings. The number of aromatic nitrogens is 1. The summed E-state index contributed by atoms with van der Waals surface area (Å²) in [5.41, 5.74) is 3.51. The van der Waals surface area contributed by atoms with Crippen LogP contribution in [0.25, 0.3) is 0 Å². The molecule has 0 aliphatic heterocycles. The van der Waals surface area contributed by atoms with Gasteiger partial charge in [-0.3, -0.25) is 0 Å². The van der Waals surface area contributed by atoms with Crippen molar-refractivity contribution in [1.82, 2.24) is 10.5 Å². The molecule has 0 amide bonds. The van der Waals surface area contributed by atoms with Gasteiger partial charge in [0.2, 0.25) is 0 Å². The molecule has 0 saturated carbocycles. The minimum Gasteiger partial charge on any atom is -0.364 e. The van der Waals surface area contributed by atoms with Crippen LogP contribution in [0.3, 0.4) is 0 Å². The van der Waals surface area contributed by atoms with E-state index in [4.69, 9.17) is 4.52 Å². The summed E-state index contributed by atoms with van der Waals surface area (Å²) < 4.78 is 4.78. The zero-order chi connectivity index (χ0) is 11.4. The van der Waals surface area contributed by atoms with Crippen LogP contribution in [0.1, 0.15) is 29.8 Å². The second-order valence-electron chi connectivity index (χ2n) is 4.01. The number of aryl methyl sites for hydroxylation is 1. The van der Waals surface area contributed by atoms with E-state index in [9.17, 15) is 0 Å². The summed E-state index contributed by atoms with van der Waals surface area (Å²) in [4.78, 5) is 0. The molecule has 1 heterocycles. The minimum atomic E-state index is 0.316. The minimum absolute atomic E-state index is 0.316. The van der Waals surface area contributed by atoms with Crippen LogP contribution in [0.15, 0.2) is 41.1 Å². The van der Waals surface area contributed by atoms with Crippen LogP contribution in [0, 0.1) is 6.92 Å². The van der Waals surface area contributed by atoms with Gasteiger partial charge in [0, 0.05) is 18.7 Å². The van der Waals surface area contributed by atoms with Gasteiger partial charge in [-0.25, -0.2) is 0 Å². The maximum Gasteiger partial charge on any atom is 0.124 e. The lowest BCUT2D eigenvalue weighted by Gasteiger charge is -2.13. The summed E-state index contributed by atoms with van der Waals surface area (Å²) in [5.74, 6) is 0. The number of hydrogen-bond acceptors (Lipinski definition) is 3. The third-order valence-electron chi connectivity index (χ3n) is 2.62. The van der Waals surface area contributed by atoms with Crippen LogP contribution in [-0.2, 0) is 6.54 Å². The highest BCUT2D eigenvalue weighted by atomic mass is 16.5. The van der Waals surface area contributed by atoms with Crippen molar-refractivity contribution in [3.8, 4) is 0 Å². The molecule has 2 aromatic rings. The van der Waals surface area contributed by atoms with Gasteiger partial charge in [-0.15, -0.1) is 0 Å². The van der Waals surface area contributed by atoms with E-state index < -0.39 is 0 Å². The van der Waals surface area contributed by atoms with Crippen LogP contribution in [-0.4, -0.2) is 5.16 Å². The first-order valence-electron chi connectivity index (χ1n) is 5.45. The molecular formula is C13H16N2O. The molecule has 2 rings (SSSR count). The molecule has 3 nitrogen and oxygen atoms in total. The maximum atomic E-state index is 4.78. The van der Waals surface area contributed by atoms with E-state index >= 15 is 0 Å². The van der Waals surface area contributed by atoms with Gasteiger partial charge in [0.05, 0.1) is 5.69 Å². The van der Waals surface area contributed by atoms with E-state index in [1.54, 1.807) is 6.26 Å². The van der Waals surface area contributed by atoms with E-state index in [2.05, 4.69) is 48.6 Å². The summed E-state index contributed by atoms with van der Waals surface area (Å²) in [6, 6.07) is 10.7. The van der Waals surface area contributed by atoms with Crippen LogP contribution < -0.4 is 5.32 Å². The molecule has 16 heavy (non-hydrogen) atoms. The van der Waals surface area contributed by atoms with Crippen molar-refractivity contribution in [1.29, 1.82) is 0 Å². The average molecular weight is 216 g/mol. The molecule has 0 aliphatic carbocycles. The lowest BCUT2D eigenvalue weighted by Crippen LogP contribution is -2.18. The van der Waals surface area contributed by atoms with Crippen molar-refractivity contribution in [2.75, 3.05) is 0 Å². The van der Waals surface area contributed by atoms with Gasteiger partial charge >= 0.3 is 0 Å². The normalized spacial score (nSPS) is 12.6. The predicted molar refractivity (Wildman–Crippen MR) is 62.9 cm³/mol. The van der Waals surface area contributed by atoms with Gasteiger partial charge in [0.1, 0.15) is 6.26 Å². The smallest absolute Gasteiger partial charge is 0.124 e. The Morgan fingerprint density at radius 1 is 1.38 bits per heavy atom. The van der Waals surface area contributed by atoms with E-state index in [0.29, 0.717) is 6.04 Å². The van der Waals surface area contributed by atoms with Crippen molar-refractivity contribution >= 4 is 0 Å². The Labute approximate surface area is 95.5 Å². The Morgan fingerprint density at radius 2 is 2.25 bits per heavy atom. The molecule has 3 heteroatoms. The third kappa shape index (κ3) is 2.70.